The molecule has 2 aromatic carbocycles. The van der Waals surface area contributed by atoms with Gasteiger partial charge >= 0.3 is 0 Å². The van der Waals surface area contributed by atoms with E-state index >= 15 is 0 Å². The highest BCUT2D eigenvalue weighted by atomic mass is 16.1. The van der Waals surface area contributed by atoms with E-state index < -0.39 is 0 Å². The minimum atomic E-state index is 0.174. The molecule has 0 aliphatic carbocycles. The summed E-state index contributed by atoms with van der Waals surface area (Å²) < 4.78 is 2.12. The van der Waals surface area contributed by atoms with Crippen molar-refractivity contribution in [3.63, 3.8) is 0 Å². The molecule has 4 nitrogen and oxygen atoms in total. The Labute approximate surface area is 185 Å². The number of Topliss-reactive ketones (excluding diaryl/α,β-unsaturated/α-hetero) is 1. The van der Waals surface area contributed by atoms with E-state index in [4.69, 9.17) is 5.26 Å². The highest BCUT2D eigenvalue weighted by Crippen LogP contribution is 2.31. The van der Waals surface area contributed by atoms with Gasteiger partial charge in [-0.15, -0.1) is 0 Å². The second kappa shape index (κ2) is 10.2. The lowest BCUT2D eigenvalue weighted by atomic mass is 10.0. The van der Waals surface area contributed by atoms with Crippen molar-refractivity contribution in [2.75, 3.05) is 19.6 Å². The summed E-state index contributed by atoms with van der Waals surface area (Å²) in [5, 5.41) is 10.1. The topological polar surface area (TPSA) is 49.0 Å². The van der Waals surface area contributed by atoms with Crippen molar-refractivity contribution in [2.24, 2.45) is 0 Å². The van der Waals surface area contributed by atoms with Crippen LogP contribution in [0.15, 0.2) is 49.0 Å². The molecule has 1 aliphatic heterocycles. The molecule has 0 radical (unpaired) electrons. The number of hydrogen-bond donors (Lipinski definition) is 0. The Morgan fingerprint density at radius 1 is 1.10 bits per heavy atom. The van der Waals surface area contributed by atoms with Crippen LogP contribution in [0, 0.1) is 18.3 Å². The average molecular weight is 414 g/mol. The molecule has 0 bridgehead atoms. The lowest BCUT2D eigenvalue weighted by molar-refractivity contribution is 0.0916. The summed E-state index contributed by atoms with van der Waals surface area (Å²) in [6.07, 6.45) is 5.41. The molecule has 0 atom stereocenters. The van der Waals surface area contributed by atoms with Gasteiger partial charge in [0.05, 0.1) is 23.7 Å². The van der Waals surface area contributed by atoms with E-state index in [1.807, 2.05) is 63.2 Å². The summed E-state index contributed by atoms with van der Waals surface area (Å²) in [7, 11) is 0. The van der Waals surface area contributed by atoms with Crippen molar-refractivity contribution in [2.45, 2.75) is 40.0 Å². The Morgan fingerprint density at radius 3 is 2.39 bits per heavy atom. The van der Waals surface area contributed by atoms with Gasteiger partial charge in [0, 0.05) is 22.3 Å². The van der Waals surface area contributed by atoms with Gasteiger partial charge < -0.3 is 4.57 Å². The van der Waals surface area contributed by atoms with Crippen LogP contribution in [0.2, 0.25) is 0 Å². The predicted octanol–water partition coefficient (Wildman–Crippen LogP) is 6.15. The number of fused-ring (bicyclic) bond motifs is 1. The van der Waals surface area contributed by atoms with Crippen molar-refractivity contribution >= 4 is 22.8 Å². The highest BCUT2D eigenvalue weighted by molar-refractivity contribution is 6.11. The first kappa shape index (κ1) is 22.5. The molecule has 1 aliphatic rings. The van der Waals surface area contributed by atoms with Crippen LogP contribution in [-0.2, 0) is 0 Å². The van der Waals surface area contributed by atoms with E-state index in [-0.39, 0.29) is 5.78 Å². The highest BCUT2D eigenvalue weighted by Gasteiger charge is 2.23. The molecular formula is C27H31N3O. The number of nitriles is 1. The SMILES string of the molecule is C=Cc1ccc2c(C(=O)CN3CCCCC3)c(C)n(-c3ccc(C#N)cc3)c2c1.CC. The summed E-state index contributed by atoms with van der Waals surface area (Å²) in [5.41, 5.74) is 5.31. The monoisotopic (exact) mass is 413 g/mol. The number of nitrogens with zero attached hydrogens (tertiary/aromatic N) is 3. The number of benzene rings is 2. The molecule has 0 amide bonds. The lowest BCUT2D eigenvalue weighted by Gasteiger charge is -2.25. The summed E-state index contributed by atoms with van der Waals surface area (Å²) in [6, 6.07) is 15.8. The third-order valence-corrected chi connectivity index (χ3v) is 5.81. The fraction of sp³-hybridized carbons (Fsp3) is 0.333. The molecule has 0 unspecified atom stereocenters. The van der Waals surface area contributed by atoms with Crippen molar-refractivity contribution in [1.82, 2.24) is 9.47 Å². The number of carbonyl (C=O) groups excluding carboxylic acids is 1. The molecule has 4 heteroatoms. The second-order valence-corrected chi connectivity index (χ2v) is 7.70. The molecule has 1 fully saturated rings. The molecule has 1 saturated heterocycles. The molecule has 4 rings (SSSR count). The normalized spacial score (nSPS) is 13.9. The maximum absolute atomic E-state index is 13.3. The number of ketones is 1. The maximum atomic E-state index is 13.3. The molecule has 2 heterocycles. The minimum absolute atomic E-state index is 0.174. The number of piperidine rings is 1. The first-order valence-electron chi connectivity index (χ1n) is 11.2. The van der Waals surface area contributed by atoms with Crippen LogP contribution in [0.4, 0.5) is 0 Å². The van der Waals surface area contributed by atoms with E-state index in [2.05, 4.69) is 28.2 Å². The maximum Gasteiger partial charge on any atom is 0.179 e. The third-order valence-electron chi connectivity index (χ3n) is 5.81. The van der Waals surface area contributed by atoms with Crippen molar-refractivity contribution < 1.29 is 4.79 Å². The van der Waals surface area contributed by atoms with Crippen LogP contribution in [0.5, 0.6) is 0 Å². The quantitative estimate of drug-likeness (QED) is 0.472. The lowest BCUT2D eigenvalue weighted by Crippen LogP contribution is -2.34. The van der Waals surface area contributed by atoms with Crippen molar-refractivity contribution in [3.8, 4) is 11.8 Å². The van der Waals surface area contributed by atoms with Crippen molar-refractivity contribution in [1.29, 1.82) is 5.26 Å². The zero-order valence-electron chi connectivity index (χ0n) is 18.8. The van der Waals surface area contributed by atoms with E-state index in [1.54, 1.807) is 0 Å². The van der Waals surface area contributed by atoms with Crippen LogP contribution in [0.25, 0.3) is 22.7 Å². The predicted molar refractivity (Wildman–Crippen MR) is 129 cm³/mol. The second-order valence-electron chi connectivity index (χ2n) is 7.70. The van der Waals surface area contributed by atoms with Gasteiger partial charge in [0.2, 0.25) is 0 Å². The summed E-state index contributed by atoms with van der Waals surface area (Å²) in [6.45, 7) is 12.4. The van der Waals surface area contributed by atoms with E-state index in [0.29, 0.717) is 12.1 Å². The Kier molecular flexibility index (Phi) is 7.44. The van der Waals surface area contributed by atoms with Crippen LogP contribution < -0.4 is 0 Å². The van der Waals surface area contributed by atoms with E-state index in [9.17, 15) is 4.79 Å². The van der Waals surface area contributed by atoms with Gasteiger partial charge in [-0.1, -0.05) is 45.1 Å². The van der Waals surface area contributed by atoms with Gasteiger partial charge in [0.25, 0.3) is 0 Å². The summed E-state index contributed by atoms with van der Waals surface area (Å²) in [5.74, 6) is 0.174. The molecule has 0 N–H and O–H groups in total. The van der Waals surface area contributed by atoms with Crippen LogP contribution >= 0.6 is 0 Å². The molecule has 0 spiro atoms. The molecule has 1 aromatic heterocycles. The van der Waals surface area contributed by atoms with Gasteiger partial charge in [-0.2, -0.15) is 5.26 Å². The number of rotatable bonds is 5. The smallest absolute Gasteiger partial charge is 0.179 e. The average Bonchev–Trinajstić information content (AvgIpc) is 3.12. The fourth-order valence-electron chi connectivity index (χ4n) is 4.33. The van der Waals surface area contributed by atoms with E-state index in [0.717, 1.165) is 46.5 Å². The standard InChI is InChI=1S/C25H25N3O.C2H6/c1-3-19-9-12-22-23(15-19)28(21-10-7-20(16-26)8-11-21)18(2)25(22)24(29)17-27-13-5-4-6-14-27;1-2/h3,7-12,15H,1,4-6,13-14,17H2,2H3;1-2H3. The first-order chi connectivity index (χ1) is 15.1. The van der Waals surface area contributed by atoms with Crippen LogP contribution in [-0.4, -0.2) is 34.9 Å². The third kappa shape index (κ3) is 4.62. The zero-order chi connectivity index (χ0) is 22.4. The minimum Gasteiger partial charge on any atom is -0.313 e. The number of carbonyl (C=O) groups is 1. The van der Waals surface area contributed by atoms with Gasteiger partial charge in [0.1, 0.15) is 0 Å². The van der Waals surface area contributed by atoms with Gasteiger partial charge in [0.15, 0.2) is 5.78 Å². The van der Waals surface area contributed by atoms with Gasteiger partial charge in [-0.3, -0.25) is 9.69 Å². The summed E-state index contributed by atoms with van der Waals surface area (Å²) in [4.78, 5) is 15.6. The van der Waals surface area contributed by atoms with Crippen LogP contribution in [0.1, 0.15) is 60.3 Å². The summed E-state index contributed by atoms with van der Waals surface area (Å²) >= 11 is 0. The van der Waals surface area contributed by atoms with Gasteiger partial charge in [-0.25, -0.2) is 0 Å². The molecular weight excluding hydrogens is 382 g/mol. The Morgan fingerprint density at radius 2 is 1.77 bits per heavy atom. The first-order valence-corrected chi connectivity index (χ1v) is 11.2. The Balaban J connectivity index is 0.00000132. The van der Waals surface area contributed by atoms with E-state index in [1.165, 1.54) is 19.3 Å². The van der Waals surface area contributed by atoms with Crippen LogP contribution in [0.3, 0.4) is 0 Å². The fourth-order valence-corrected chi connectivity index (χ4v) is 4.33. The Bertz CT molecular complexity index is 1110. The molecule has 31 heavy (non-hydrogen) atoms. The molecule has 3 aromatic rings. The van der Waals surface area contributed by atoms with Gasteiger partial charge in [-0.05, 0) is 68.8 Å². The number of likely N-dealkylation sites (tertiary alicyclic amines) is 1. The Hall–Kier alpha value is -3.16. The van der Waals surface area contributed by atoms with Crippen molar-refractivity contribution in [3.05, 3.63) is 71.4 Å². The zero-order valence-corrected chi connectivity index (χ0v) is 18.8. The molecule has 160 valence electrons. The number of aromatic nitrogens is 1. The number of hydrogen-bond acceptors (Lipinski definition) is 3. The largest absolute Gasteiger partial charge is 0.313 e. The molecule has 0 saturated carbocycles.